The van der Waals surface area contributed by atoms with Crippen LogP contribution >= 0.6 is 23.2 Å². The van der Waals surface area contributed by atoms with Crippen molar-refractivity contribution in [1.82, 2.24) is 4.90 Å². The molecule has 0 radical (unpaired) electrons. The van der Waals surface area contributed by atoms with Crippen LogP contribution in [0.4, 0.5) is 0 Å². The average Bonchev–Trinajstić information content (AvgIpc) is 2.05. The van der Waals surface area contributed by atoms with Crippen molar-refractivity contribution >= 4 is 23.2 Å². The highest BCUT2D eigenvalue weighted by atomic mass is 35.5. The van der Waals surface area contributed by atoms with Gasteiger partial charge in [-0.1, -0.05) is 23.2 Å². The molecule has 1 nitrogen and oxygen atoms in total. The number of nitrogens with zero attached hydrogens (tertiary/aromatic N) is 1. The fraction of sp³-hybridized carbons (Fsp3) is 0.714. The van der Waals surface area contributed by atoms with Gasteiger partial charge in [-0.15, -0.1) is 0 Å². The highest BCUT2D eigenvalue weighted by Crippen LogP contribution is 2.17. The van der Waals surface area contributed by atoms with Crippen LogP contribution in [0.3, 0.4) is 0 Å². The molecule has 0 aromatic rings. The lowest BCUT2D eigenvalue weighted by atomic mass is 10.1. The van der Waals surface area contributed by atoms with Gasteiger partial charge < -0.3 is 4.90 Å². The predicted molar refractivity (Wildman–Crippen MR) is 45.2 cm³/mol. The predicted octanol–water partition coefficient (Wildman–Crippen LogP) is 2.75. The smallest absolute Gasteiger partial charge is 0.116 e. The van der Waals surface area contributed by atoms with Crippen molar-refractivity contribution in [2.75, 3.05) is 13.1 Å². The molecular weight excluding hydrogens is 169 g/mol. The normalized spacial score (nSPS) is 21.4. The van der Waals surface area contributed by atoms with Crippen LogP contribution in [0, 0.1) is 0 Å². The molecule has 10 heavy (non-hydrogen) atoms. The SMILES string of the molecule is Cl/C=C(/Cl)N1CCCCC1. The Morgan fingerprint density at radius 1 is 1.20 bits per heavy atom. The number of hydrogen-bond acceptors (Lipinski definition) is 1. The Bertz CT molecular complexity index is 128. The standard InChI is InChI=1S/C7H11Cl2N/c8-6-7(9)10-4-2-1-3-5-10/h6H,1-5H2/b7-6-. The van der Waals surface area contributed by atoms with Crippen molar-refractivity contribution in [3.8, 4) is 0 Å². The van der Waals surface area contributed by atoms with Gasteiger partial charge in [0.1, 0.15) is 5.16 Å². The van der Waals surface area contributed by atoms with Crippen LogP contribution in [0.15, 0.2) is 10.7 Å². The summed E-state index contributed by atoms with van der Waals surface area (Å²) in [5.41, 5.74) is 1.44. The minimum atomic E-state index is 0.682. The van der Waals surface area contributed by atoms with Gasteiger partial charge in [-0.3, -0.25) is 0 Å². The molecule has 1 saturated heterocycles. The van der Waals surface area contributed by atoms with Gasteiger partial charge in [0.25, 0.3) is 0 Å². The molecule has 0 bridgehead atoms. The van der Waals surface area contributed by atoms with E-state index in [0.29, 0.717) is 5.16 Å². The Morgan fingerprint density at radius 2 is 1.80 bits per heavy atom. The Balaban J connectivity index is 2.39. The largest absolute Gasteiger partial charge is 0.362 e. The van der Waals surface area contributed by atoms with Crippen molar-refractivity contribution in [2.45, 2.75) is 19.3 Å². The summed E-state index contributed by atoms with van der Waals surface area (Å²) >= 11 is 11.2. The van der Waals surface area contributed by atoms with Crippen molar-refractivity contribution in [3.63, 3.8) is 0 Å². The number of piperidine rings is 1. The molecule has 0 atom stereocenters. The first kappa shape index (κ1) is 8.22. The summed E-state index contributed by atoms with van der Waals surface area (Å²) in [6.45, 7) is 2.12. The van der Waals surface area contributed by atoms with Crippen molar-refractivity contribution in [2.24, 2.45) is 0 Å². The van der Waals surface area contributed by atoms with Crippen LogP contribution in [0.2, 0.25) is 0 Å². The second-order valence-electron chi connectivity index (χ2n) is 2.48. The average molecular weight is 180 g/mol. The molecule has 0 unspecified atom stereocenters. The third-order valence-electron chi connectivity index (χ3n) is 1.75. The lowest BCUT2D eigenvalue weighted by Crippen LogP contribution is -2.26. The summed E-state index contributed by atoms with van der Waals surface area (Å²) in [5, 5.41) is 0.682. The van der Waals surface area contributed by atoms with Crippen LogP contribution < -0.4 is 0 Å². The summed E-state index contributed by atoms with van der Waals surface area (Å²) in [4.78, 5) is 2.11. The van der Waals surface area contributed by atoms with Gasteiger partial charge in [-0.05, 0) is 19.3 Å². The Hall–Kier alpha value is 0.120. The van der Waals surface area contributed by atoms with Crippen LogP contribution in [-0.4, -0.2) is 18.0 Å². The quantitative estimate of drug-likeness (QED) is 0.560. The minimum Gasteiger partial charge on any atom is -0.362 e. The van der Waals surface area contributed by atoms with Crippen molar-refractivity contribution in [1.29, 1.82) is 0 Å². The van der Waals surface area contributed by atoms with Gasteiger partial charge >= 0.3 is 0 Å². The van der Waals surface area contributed by atoms with Gasteiger partial charge in [0.15, 0.2) is 0 Å². The van der Waals surface area contributed by atoms with Crippen molar-refractivity contribution < 1.29 is 0 Å². The number of rotatable bonds is 1. The summed E-state index contributed by atoms with van der Waals surface area (Å²) in [5.74, 6) is 0. The lowest BCUT2D eigenvalue weighted by Gasteiger charge is -2.27. The van der Waals surface area contributed by atoms with Crippen LogP contribution in [0.5, 0.6) is 0 Å². The first-order valence-electron chi connectivity index (χ1n) is 3.55. The number of hydrogen-bond donors (Lipinski definition) is 0. The van der Waals surface area contributed by atoms with E-state index in [1.54, 1.807) is 0 Å². The number of halogens is 2. The number of likely N-dealkylation sites (tertiary alicyclic amines) is 1. The van der Waals surface area contributed by atoms with E-state index in [9.17, 15) is 0 Å². The van der Waals surface area contributed by atoms with E-state index in [2.05, 4.69) is 4.90 Å². The zero-order chi connectivity index (χ0) is 7.40. The molecule has 0 spiro atoms. The van der Waals surface area contributed by atoms with Gasteiger partial charge in [0, 0.05) is 18.6 Å². The molecule has 0 aliphatic carbocycles. The molecule has 3 heteroatoms. The molecule has 1 rings (SSSR count). The van der Waals surface area contributed by atoms with E-state index in [4.69, 9.17) is 23.2 Å². The minimum absolute atomic E-state index is 0.682. The fourth-order valence-corrected chi connectivity index (χ4v) is 1.48. The Morgan fingerprint density at radius 3 is 2.30 bits per heavy atom. The maximum absolute atomic E-state index is 5.80. The van der Waals surface area contributed by atoms with E-state index in [1.807, 2.05) is 0 Å². The van der Waals surface area contributed by atoms with Crippen LogP contribution in [0.1, 0.15) is 19.3 Å². The molecule has 1 aliphatic rings. The molecule has 1 heterocycles. The maximum Gasteiger partial charge on any atom is 0.116 e. The van der Waals surface area contributed by atoms with Gasteiger partial charge in [0.2, 0.25) is 0 Å². The zero-order valence-electron chi connectivity index (χ0n) is 5.82. The Labute approximate surface area is 71.6 Å². The molecule has 0 aromatic carbocycles. The molecule has 0 N–H and O–H groups in total. The van der Waals surface area contributed by atoms with E-state index in [1.165, 1.54) is 24.8 Å². The van der Waals surface area contributed by atoms with E-state index >= 15 is 0 Å². The Kier molecular flexibility index (Phi) is 3.36. The molecule has 0 aromatic heterocycles. The van der Waals surface area contributed by atoms with E-state index in [0.717, 1.165) is 13.1 Å². The molecule has 0 saturated carbocycles. The van der Waals surface area contributed by atoms with Gasteiger partial charge in [-0.2, -0.15) is 0 Å². The summed E-state index contributed by atoms with van der Waals surface area (Å²) < 4.78 is 0. The van der Waals surface area contributed by atoms with E-state index < -0.39 is 0 Å². The third kappa shape index (κ3) is 2.06. The first-order chi connectivity index (χ1) is 4.84. The maximum atomic E-state index is 5.80. The fourth-order valence-electron chi connectivity index (χ4n) is 1.18. The monoisotopic (exact) mass is 179 g/mol. The highest BCUT2D eigenvalue weighted by molar-refractivity contribution is 6.36. The lowest BCUT2D eigenvalue weighted by molar-refractivity contribution is 0.301. The third-order valence-corrected chi connectivity index (χ3v) is 2.41. The van der Waals surface area contributed by atoms with Gasteiger partial charge in [-0.25, -0.2) is 0 Å². The molecule has 0 amide bonds. The van der Waals surface area contributed by atoms with Crippen molar-refractivity contribution in [3.05, 3.63) is 10.7 Å². The molecule has 1 fully saturated rings. The highest BCUT2D eigenvalue weighted by Gasteiger charge is 2.10. The van der Waals surface area contributed by atoms with Crippen LogP contribution in [0.25, 0.3) is 0 Å². The zero-order valence-corrected chi connectivity index (χ0v) is 7.33. The summed E-state index contributed by atoms with van der Waals surface area (Å²) in [7, 11) is 0. The molecule has 58 valence electrons. The summed E-state index contributed by atoms with van der Waals surface area (Å²) in [6.07, 6.45) is 3.80. The summed E-state index contributed by atoms with van der Waals surface area (Å²) in [6, 6.07) is 0. The van der Waals surface area contributed by atoms with Crippen LogP contribution in [-0.2, 0) is 0 Å². The van der Waals surface area contributed by atoms with Gasteiger partial charge in [0.05, 0.1) is 0 Å². The second-order valence-corrected chi connectivity index (χ2v) is 3.09. The first-order valence-corrected chi connectivity index (χ1v) is 4.37. The molecular formula is C7H11Cl2N. The topological polar surface area (TPSA) is 3.24 Å². The molecule has 1 aliphatic heterocycles. The second kappa shape index (κ2) is 4.09. The van der Waals surface area contributed by atoms with E-state index in [-0.39, 0.29) is 0 Å².